The van der Waals surface area contributed by atoms with Crippen LogP contribution in [-0.4, -0.2) is 25.1 Å². The van der Waals surface area contributed by atoms with Crippen molar-refractivity contribution in [3.05, 3.63) is 46.1 Å². The molecule has 0 bridgehead atoms. The summed E-state index contributed by atoms with van der Waals surface area (Å²) in [5.74, 6) is 0.336. The highest BCUT2D eigenvalue weighted by atomic mass is 35.5. The lowest BCUT2D eigenvalue weighted by Gasteiger charge is -2.22. The Labute approximate surface area is 142 Å². The van der Waals surface area contributed by atoms with Crippen LogP contribution in [0.3, 0.4) is 0 Å². The van der Waals surface area contributed by atoms with Crippen LogP contribution in [0, 0.1) is 0 Å². The highest BCUT2D eigenvalue weighted by Gasteiger charge is 2.23. The van der Waals surface area contributed by atoms with Gasteiger partial charge in [-0.2, -0.15) is 0 Å². The van der Waals surface area contributed by atoms with Crippen molar-refractivity contribution in [2.45, 2.75) is 13.0 Å². The first-order chi connectivity index (χ1) is 11.0. The molecule has 3 rings (SSSR count). The van der Waals surface area contributed by atoms with Crippen molar-refractivity contribution < 1.29 is 13.9 Å². The highest BCUT2D eigenvalue weighted by Crippen LogP contribution is 2.35. The zero-order valence-electron chi connectivity index (χ0n) is 12.9. The van der Waals surface area contributed by atoms with Crippen LogP contribution in [0.1, 0.15) is 28.4 Å². The molecule has 0 aliphatic rings. The van der Waals surface area contributed by atoms with E-state index in [1.807, 2.05) is 49.2 Å². The van der Waals surface area contributed by atoms with Crippen LogP contribution in [-0.2, 0) is 4.74 Å². The molecule has 0 saturated heterocycles. The number of rotatable bonds is 4. The number of carbonyl (C=O) groups is 1. The van der Waals surface area contributed by atoms with E-state index in [2.05, 4.69) is 4.98 Å². The lowest BCUT2D eigenvalue weighted by molar-refractivity contribution is 0.0606. The minimum absolute atomic E-state index is 0.0601. The lowest BCUT2D eigenvalue weighted by atomic mass is 10.2. The maximum Gasteiger partial charge on any atom is 0.351 e. The van der Waals surface area contributed by atoms with E-state index in [9.17, 15) is 4.79 Å². The van der Waals surface area contributed by atoms with E-state index in [0.717, 1.165) is 16.7 Å². The van der Waals surface area contributed by atoms with Gasteiger partial charge in [-0.15, -0.1) is 0 Å². The molecule has 2 heterocycles. The monoisotopic (exact) mass is 350 g/mol. The van der Waals surface area contributed by atoms with Gasteiger partial charge < -0.3 is 14.1 Å². The molecule has 1 atom stereocenters. The Kier molecular flexibility index (Phi) is 4.28. The molecule has 23 heavy (non-hydrogen) atoms. The van der Waals surface area contributed by atoms with Gasteiger partial charge in [0, 0.05) is 12.4 Å². The molecule has 1 aromatic carbocycles. The molecule has 1 unspecified atom stereocenters. The Morgan fingerprint density at radius 3 is 2.87 bits per heavy atom. The molecular formula is C16H15ClN2O3S. The normalized spacial score (nSPS) is 12.3. The fraction of sp³-hybridized carbons (Fsp3) is 0.250. The molecule has 0 aliphatic heterocycles. The van der Waals surface area contributed by atoms with Crippen molar-refractivity contribution in [3.8, 4) is 0 Å². The van der Waals surface area contributed by atoms with Crippen molar-refractivity contribution in [1.82, 2.24) is 4.98 Å². The number of thiazole rings is 1. The fourth-order valence-electron chi connectivity index (χ4n) is 2.23. The number of esters is 1. The minimum atomic E-state index is -0.483. The zero-order valence-corrected chi connectivity index (χ0v) is 14.4. The van der Waals surface area contributed by atoms with Crippen LogP contribution in [0.2, 0.25) is 5.15 Å². The number of nitrogens with zero attached hydrogens (tertiary/aromatic N) is 2. The average molecular weight is 351 g/mol. The highest BCUT2D eigenvalue weighted by molar-refractivity contribution is 7.18. The summed E-state index contributed by atoms with van der Waals surface area (Å²) in [4.78, 5) is 18.1. The number of ether oxygens (including phenoxy) is 1. The molecule has 0 amide bonds. The summed E-state index contributed by atoms with van der Waals surface area (Å²) < 4.78 is 10.6. The van der Waals surface area contributed by atoms with Gasteiger partial charge in [-0.25, -0.2) is 9.78 Å². The number of methoxy groups -OCH3 is 1. The second kappa shape index (κ2) is 6.22. The van der Waals surface area contributed by atoms with Gasteiger partial charge in [-0.3, -0.25) is 0 Å². The van der Waals surface area contributed by atoms with Crippen LogP contribution < -0.4 is 4.90 Å². The Morgan fingerprint density at radius 1 is 1.43 bits per heavy atom. The van der Waals surface area contributed by atoms with E-state index >= 15 is 0 Å². The molecule has 2 aromatic heterocycles. The van der Waals surface area contributed by atoms with Crippen LogP contribution >= 0.6 is 22.9 Å². The molecule has 0 aliphatic carbocycles. The van der Waals surface area contributed by atoms with Crippen molar-refractivity contribution in [3.63, 3.8) is 0 Å². The van der Waals surface area contributed by atoms with E-state index in [4.69, 9.17) is 20.8 Å². The Bertz CT molecular complexity index is 825. The molecular weight excluding hydrogens is 336 g/mol. The quantitative estimate of drug-likeness (QED) is 0.647. The lowest BCUT2D eigenvalue weighted by Crippen LogP contribution is -2.20. The second-order valence-electron chi connectivity index (χ2n) is 5.08. The number of aromatic nitrogens is 1. The number of para-hydroxylation sites is 1. The van der Waals surface area contributed by atoms with Crippen LogP contribution in [0.4, 0.5) is 5.13 Å². The predicted octanol–water partition coefficient (Wildman–Crippen LogP) is 4.53. The van der Waals surface area contributed by atoms with Crippen molar-refractivity contribution in [1.29, 1.82) is 0 Å². The summed E-state index contributed by atoms with van der Waals surface area (Å²) >= 11 is 7.22. The third-order valence-corrected chi connectivity index (χ3v) is 5.20. The number of fused-ring (bicyclic) bond motifs is 1. The van der Waals surface area contributed by atoms with Gasteiger partial charge in [-0.1, -0.05) is 41.1 Å². The Balaban J connectivity index is 1.90. The number of hydrogen-bond donors (Lipinski definition) is 0. The standard InChI is InChI=1S/C16H15ClN2O3S/c1-9(12-8-10-6-4-5-7-11(10)22-12)19(2)16-18-14(17)13(23-16)15(20)21-3/h4-9H,1-3H3. The molecule has 120 valence electrons. The topological polar surface area (TPSA) is 55.6 Å². The third-order valence-electron chi connectivity index (χ3n) is 3.68. The van der Waals surface area contributed by atoms with Crippen LogP contribution in [0.15, 0.2) is 34.7 Å². The van der Waals surface area contributed by atoms with Gasteiger partial charge in [0.25, 0.3) is 0 Å². The Morgan fingerprint density at radius 2 is 2.17 bits per heavy atom. The van der Waals surface area contributed by atoms with E-state index in [1.54, 1.807) is 0 Å². The summed E-state index contributed by atoms with van der Waals surface area (Å²) in [7, 11) is 3.20. The van der Waals surface area contributed by atoms with Crippen LogP contribution in [0.25, 0.3) is 11.0 Å². The number of furan rings is 1. The molecule has 5 nitrogen and oxygen atoms in total. The first kappa shape index (κ1) is 15.8. The summed E-state index contributed by atoms with van der Waals surface area (Å²) in [5.41, 5.74) is 0.843. The van der Waals surface area contributed by atoms with Crippen LogP contribution in [0.5, 0.6) is 0 Å². The van der Waals surface area contributed by atoms with Gasteiger partial charge in [-0.05, 0) is 19.1 Å². The SMILES string of the molecule is COC(=O)c1sc(N(C)C(C)c2cc3ccccc3o2)nc1Cl. The smallest absolute Gasteiger partial charge is 0.351 e. The van der Waals surface area contributed by atoms with Gasteiger partial charge in [0.2, 0.25) is 0 Å². The number of hydrogen-bond acceptors (Lipinski definition) is 6. The van der Waals surface area contributed by atoms with E-state index in [-0.39, 0.29) is 11.2 Å². The molecule has 0 N–H and O–H groups in total. The first-order valence-corrected chi connectivity index (χ1v) is 8.16. The predicted molar refractivity (Wildman–Crippen MR) is 91.5 cm³/mol. The van der Waals surface area contributed by atoms with Gasteiger partial charge in [0.05, 0.1) is 13.2 Å². The number of carbonyl (C=O) groups excluding carboxylic acids is 1. The Hall–Kier alpha value is -2.05. The summed E-state index contributed by atoms with van der Waals surface area (Å²) in [5, 5.41) is 1.83. The van der Waals surface area contributed by atoms with Gasteiger partial charge in [0.15, 0.2) is 15.2 Å². The average Bonchev–Trinajstić information content (AvgIpc) is 3.16. The van der Waals surface area contributed by atoms with Crippen molar-refractivity contribution in [2.24, 2.45) is 0 Å². The van der Waals surface area contributed by atoms with Crippen molar-refractivity contribution in [2.75, 3.05) is 19.1 Å². The van der Waals surface area contributed by atoms with Gasteiger partial charge >= 0.3 is 5.97 Å². The maximum atomic E-state index is 11.7. The van der Waals surface area contributed by atoms with E-state index in [0.29, 0.717) is 10.0 Å². The molecule has 0 fully saturated rings. The zero-order chi connectivity index (χ0) is 16.6. The minimum Gasteiger partial charge on any atom is -0.465 e. The van der Waals surface area contributed by atoms with Crippen molar-refractivity contribution >= 4 is 45.0 Å². The molecule has 3 aromatic rings. The molecule has 0 radical (unpaired) electrons. The third kappa shape index (κ3) is 2.92. The van der Waals surface area contributed by atoms with E-state index < -0.39 is 5.97 Å². The summed E-state index contributed by atoms with van der Waals surface area (Å²) in [6.07, 6.45) is 0. The molecule has 0 saturated carbocycles. The van der Waals surface area contributed by atoms with E-state index in [1.165, 1.54) is 18.4 Å². The summed E-state index contributed by atoms with van der Waals surface area (Å²) in [6, 6.07) is 9.79. The number of anilines is 1. The fourth-order valence-corrected chi connectivity index (χ4v) is 3.47. The largest absolute Gasteiger partial charge is 0.465 e. The van der Waals surface area contributed by atoms with Gasteiger partial charge in [0.1, 0.15) is 11.3 Å². The molecule has 0 spiro atoms. The first-order valence-electron chi connectivity index (χ1n) is 6.97. The number of benzene rings is 1. The number of halogens is 1. The second-order valence-corrected chi connectivity index (χ2v) is 6.42. The summed E-state index contributed by atoms with van der Waals surface area (Å²) in [6.45, 7) is 2.00. The molecule has 7 heteroatoms. The maximum absolute atomic E-state index is 11.7.